The van der Waals surface area contributed by atoms with Crippen LogP contribution < -0.4 is 5.32 Å². The first-order valence-corrected chi connectivity index (χ1v) is 8.71. The summed E-state index contributed by atoms with van der Waals surface area (Å²) in [6, 6.07) is 12.8. The molecule has 8 heteroatoms. The van der Waals surface area contributed by atoms with Crippen LogP contribution in [0.15, 0.2) is 42.5 Å². The Morgan fingerprint density at radius 2 is 1.85 bits per heavy atom. The highest BCUT2D eigenvalue weighted by molar-refractivity contribution is 6.36. The highest BCUT2D eigenvalue weighted by Gasteiger charge is 2.19. The second-order valence-corrected chi connectivity index (χ2v) is 6.63. The zero-order valence-electron chi connectivity index (χ0n) is 14.7. The van der Waals surface area contributed by atoms with Gasteiger partial charge >= 0.3 is 0 Å². The molecule has 2 aromatic heterocycles. The largest absolute Gasteiger partial charge is 0.312 e. The van der Waals surface area contributed by atoms with Crippen molar-refractivity contribution in [1.29, 1.82) is 0 Å². The number of imidazole rings is 1. The number of fused-ring (bicyclic) bond motifs is 2. The van der Waals surface area contributed by atoms with E-state index < -0.39 is 0 Å². The first-order valence-electron chi connectivity index (χ1n) is 8.33. The normalized spacial score (nSPS) is 11.2. The molecule has 1 amide bonds. The summed E-state index contributed by atoms with van der Waals surface area (Å²) in [5.41, 5.74) is 2.21. The molecule has 0 aliphatic carbocycles. The molecule has 0 atom stereocenters. The molecule has 2 heterocycles. The number of benzene rings is 2. The van der Waals surface area contributed by atoms with E-state index in [4.69, 9.17) is 11.6 Å². The van der Waals surface area contributed by atoms with Gasteiger partial charge in [0.1, 0.15) is 6.54 Å². The van der Waals surface area contributed by atoms with Gasteiger partial charge in [0.2, 0.25) is 5.91 Å². The fraction of sp³-hybridized carbons (Fsp3) is 0.158. The Morgan fingerprint density at radius 1 is 1.11 bits per heavy atom. The minimum atomic E-state index is -0.319. The third-order valence-electron chi connectivity index (χ3n) is 4.36. The fourth-order valence-corrected chi connectivity index (χ4v) is 3.44. The maximum absolute atomic E-state index is 12.7. The minimum Gasteiger partial charge on any atom is -0.312 e. The lowest BCUT2D eigenvalue weighted by Gasteiger charge is -2.08. The number of aromatic nitrogens is 4. The number of para-hydroxylation sites is 2. The van der Waals surface area contributed by atoms with Gasteiger partial charge in [-0.05, 0) is 24.3 Å². The molecule has 0 fully saturated rings. The molecule has 4 aromatic rings. The zero-order valence-corrected chi connectivity index (χ0v) is 15.5. The van der Waals surface area contributed by atoms with Crippen LogP contribution in [0.2, 0.25) is 5.02 Å². The maximum Gasteiger partial charge on any atom is 0.245 e. The molecular formula is C19H16ClN5O2. The van der Waals surface area contributed by atoms with E-state index in [2.05, 4.69) is 15.4 Å². The number of carbonyl (C=O) groups is 2. The summed E-state index contributed by atoms with van der Waals surface area (Å²) < 4.78 is 3.27. The van der Waals surface area contributed by atoms with Gasteiger partial charge < -0.3 is 9.88 Å². The van der Waals surface area contributed by atoms with E-state index in [-0.39, 0.29) is 24.1 Å². The number of nitrogens with zero attached hydrogens (tertiary/aromatic N) is 4. The number of ketones is 1. The second-order valence-electron chi connectivity index (χ2n) is 6.22. The fourth-order valence-electron chi connectivity index (χ4n) is 3.18. The smallest absolute Gasteiger partial charge is 0.245 e. The van der Waals surface area contributed by atoms with Crippen molar-refractivity contribution in [3.63, 3.8) is 0 Å². The summed E-state index contributed by atoms with van der Waals surface area (Å²) in [4.78, 5) is 29.0. The van der Waals surface area contributed by atoms with Gasteiger partial charge in [-0.3, -0.25) is 14.3 Å². The number of nitrogens with one attached hydrogen (secondary N) is 1. The summed E-state index contributed by atoms with van der Waals surface area (Å²) in [7, 11) is 1.78. The molecule has 0 aliphatic heterocycles. The molecule has 4 rings (SSSR count). The van der Waals surface area contributed by atoms with Gasteiger partial charge in [0.25, 0.3) is 0 Å². The molecule has 0 unspecified atom stereocenters. The van der Waals surface area contributed by atoms with Crippen LogP contribution in [0.1, 0.15) is 17.5 Å². The van der Waals surface area contributed by atoms with Gasteiger partial charge in [-0.1, -0.05) is 29.8 Å². The highest BCUT2D eigenvalue weighted by atomic mass is 35.5. The van der Waals surface area contributed by atoms with E-state index >= 15 is 0 Å². The summed E-state index contributed by atoms with van der Waals surface area (Å²) in [6.45, 7) is 1.37. The third-order valence-corrected chi connectivity index (χ3v) is 4.67. The number of aryl methyl sites for hydroxylation is 1. The van der Waals surface area contributed by atoms with E-state index in [0.29, 0.717) is 21.7 Å². The highest BCUT2D eigenvalue weighted by Crippen LogP contribution is 2.29. The molecule has 2 aromatic carbocycles. The third kappa shape index (κ3) is 2.96. The molecule has 1 N–H and O–H groups in total. The van der Waals surface area contributed by atoms with Crippen molar-refractivity contribution in [3.05, 3.63) is 53.3 Å². The number of hydrogen-bond acceptors (Lipinski definition) is 4. The Kier molecular flexibility index (Phi) is 4.16. The quantitative estimate of drug-likeness (QED) is 0.549. The van der Waals surface area contributed by atoms with Crippen molar-refractivity contribution in [2.75, 3.05) is 5.32 Å². The molecule has 27 heavy (non-hydrogen) atoms. The Balaban J connectivity index is 1.69. The monoisotopic (exact) mass is 381 g/mol. The van der Waals surface area contributed by atoms with Gasteiger partial charge in [0, 0.05) is 14.0 Å². The van der Waals surface area contributed by atoms with E-state index in [1.807, 2.05) is 36.4 Å². The van der Waals surface area contributed by atoms with Crippen molar-refractivity contribution in [1.82, 2.24) is 19.3 Å². The van der Waals surface area contributed by atoms with Crippen molar-refractivity contribution >= 4 is 51.0 Å². The van der Waals surface area contributed by atoms with Crippen LogP contribution in [0, 0.1) is 0 Å². The predicted molar refractivity (Wildman–Crippen MR) is 104 cm³/mol. The number of hydrogen-bond donors (Lipinski definition) is 1. The van der Waals surface area contributed by atoms with Crippen LogP contribution in [-0.4, -0.2) is 31.0 Å². The molecule has 136 valence electrons. The van der Waals surface area contributed by atoms with Crippen LogP contribution in [0.25, 0.3) is 21.9 Å². The molecule has 7 nitrogen and oxygen atoms in total. The van der Waals surface area contributed by atoms with Crippen LogP contribution in [0.3, 0.4) is 0 Å². The first kappa shape index (κ1) is 17.2. The average molecular weight is 382 g/mol. The molecular weight excluding hydrogens is 366 g/mol. The van der Waals surface area contributed by atoms with Gasteiger partial charge in [0.05, 0.1) is 27.0 Å². The van der Waals surface area contributed by atoms with Gasteiger partial charge in [-0.2, -0.15) is 5.10 Å². The number of amides is 1. The lowest BCUT2D eigenvalue weighted by Crippen LogP contribution is -2.21. The van der Waals surface area contributed by atoms with E-state index in [9.17, 15) is 9.59 Å². The lowest BCUT2D eigenvalue weighted by molar-refractivity contribution is -0.116. The summed E-state index contributed by atoms with van der Waals surface area (Å²) in [6.07, 6.45) is 0. The SMILES string of the molecule is CC(=O)c1nc2ccccc2n1CC(=O)Nc1nn(C)c2cccc(Cl)c12. The Hall–Kier alpha value is -3.19. The molecule has 0 aliphatic rings. The Bertz CT molecular complexity index is 1210. The summed E-state index contributed by atoms with van der Waals surface area (Å²) in [5, 5.41) is 8.33. The van der Waals surface area contributed by atoms with Crippen LogP contribution in [0.5, 0.6) is 0 Å². The van der Waals surface area contributed by atoms with E-state index in [1.54, 1.807) is 22.4 Å². The molecule has 0 radical (unpaired) electrons. The molecule has 0 bridgehead atoms. The van der Waals surface area contributed by atoms with Crippen LogP contribution >= 0.6 is 11.6 Å². The lowest BCUT2D eigenvalue weighted by atomic mass is 10.2. The van der Waals surface area contributed by atoms with Gasteiger partial charge in [0.15, 0.2) is 17.4 Å². The molecule has 0 spiro atoms. The number of rotatable bonds is 4. The number of halogens is 1. The number of anilines is 1. The standard InChI is InChI=1S/C19H16ClN5O2/c1-11(26)19-21-13-7-3-4-8-14(13)25(19)10-16(27)22-18-17-12(20)6-5-9-15(17)24(2)23-18/h3-9H,10H2,1-2H3,(H,22,23,27). The van der Waals surface area contributed by atoms with Crippen LogP contribution in [-0.2, 0) is 18.4 Å². The summed E-state index contributed by atoms with van der Waals surface area (Å²) in [5.74, 6) is 0.109. The maximum atomic E-state index is 12.7. The number of carbonyl (C=O) groups excluding carboxylic acids is 2. The molecule has 0 saturated heterocycles. The topological polar surface area (TPSA) is 81.8 Å². The Morgan fingerprint density at radius 3 is 2.63 bits per heavy atom. The van der Waals surface area contributed by atoms with Crippen molar-refractivity contribution in [2.45, 2.75) is 13.5 Å². The Labute approximate surface area is 159 Å². The second kappa shape index (κ2) is 6.51. The minimum absolute atomic E-state index is 0.0576. The van der Waals surface area contributed by atoms with Crippen LogP contribution in [0.4, 0.5) is 5.82 Å². The van der Waals surface area contributed by atoms with Crippen molar-refractivity contribution in [2.24, 2.45) is 7.05 Å². The first-order chi connectivity index (χ1) is 13.0. The van der Waals surface area contributed by atoms with Crippen molar-refractivity contribution in [3.8, 4) is 0 Å². The average Bonchev–Trinajstić information content (AvgIpc) is 3.15. The van der Waals surface area contributed by atoms with E-state index in [0.717, 1.165) is 11.0 Å². The van der Waals surface area contributed by atoms with Gasteiger partial charge in [-0.15, -0.1) is 0 Å². The zero-order chi connectivity index (χ0) is 19.1. The van der Waals surface area contributed by atoms with Crippen molar-refractivity contribution < 1.29 is 9.59 Å². The number of Topliss-reactive ketones (excluding diaryl/α,β-unsaturated/α-hetero) is 1. The predicted octanol–water partition coefficient (Wildman–Crippen LogP) is 3.42. The molecule has 0 saturated carbocycles. The van der Waals surface area contributed by atoms with E-state index in [1.165, 1.54) is 6.92 Å². The van der Waals surface area contributed by atoms with Gasteiger partial charge in [-0.25, -0.2) is 4.98 Å². The summed E-state index contributed by atoms with van der Waals surface area (Å²) >= 11 is 6.28.